The van der Waals surface area contributed by atoms with Crippen molar-refractivity contribution >= 4 is 27.4 Å². The average molecular weight is 371 g/mol. The fourth-order valence-electron chi connectivity index (χ4n) is 3.48. The number of fused-ring (bicyclic) bond motifs is 1. The topological polar surface area (TPSA) is 106 Å². The van der Waals surface area contributed by atoms with E-state index in [-0.39, 0.29) is 29.1 Å². The van der Waals surface area contributed by atoms with Gasteiger partial charge < -0.3 is 16.2 Å². The van der Waals surface area contributed by atoms with Crippen LogP contribution in [0.4, 0.5) is 5.95 Å². The van der Waals surface area contributed by atoms with Crippen LogP contribution in [0.1, 0.15) is 25.7 Å². The van der Waals surface area contributed by atoms with Gasteiger partial charge in [-0.3, -0.25) is 9.36 Å². The lowest BCUT2D eigenvalue weighted by atomic mass is 9.91. The van der Waals surface area contributed by atoms with Crippen molar-refractivity contribution in [2.75, 3.05) is 5.32 Å². The van der Waals surface area contributed by atoms with E-state index in [9.17, 15) is 9.90 Å². The van der Waals surface area contributed by atoms with Gasteiger partial charge in [0.2, 0.25) is 5.95 Å². The molecule has 0 amide bonds. The molecule has 1 aliphatic carbocycles. The number of hydrogen-bond donors (Lipinski definition) is 3. The molecule has 0 unspecified atom stereocenters. The monoisotopic (exact) mass is 371 g/mol. The van der Waals surface area contributed by atoms with Gasteiger partial charge in [-0.25, -0.2) is 0 Å². The Hall–Kier alpha value is -2.45. The second kappa shape index (κ2) is 6.69. The molecule has 26 heavy (non-hydrogen) atoms. The summed E-state index contributed by atoms with van der Waals surface area (Å²) in [7, 11) is 1.65. The fraction of sp³-hybridized carbons (Fsp3) is 0.389. The molecule has 2 aromatic heterocycles. The number of thiophene rings is 1. The van der Waals surface area contributed by atoms with Crippen LogP contribution in [0.3, 0.4) is 0 Å². The molecule has 1 aromatic carbocycles. The second-order valence-corrected chi connectivity index (χ2v) is 7.68. The van der Waals surface area contributed by atoms with Crippen LogP contribution in [-0.2, 0) is 7.05 Å². The minimum atomic E-state index is -0.309. The first-order chi connectivity index (χ1) is 12.6. The first-order valence-electron chi connectivity index (χ1n) is 8.71. The van der Waals surface area contributed by atoms with E-state index in [1.165, 1.54) is 15.9 Å². The van der Waals surface area contributed by atoms with Crippen LogP contribution < -0.4 is 16.6 Å². The van der Waals surface area contributed by atoms with Gasteiger partial charge in [-0.1, -0.05) is 12.8 Å². The van der Waals surface area contributed by atoms with Crippen LogP contribution >= 0.6 is 11.3 Å². The Kier molecular flexibility index (Phi) is 4.37. The average Bonchev–Trinajstić information content (AvgIpc) is 3.12. The van der Waals surface area contributed by atoms with Crippen molar-refractivity contribution in [1.82, 2.24) is 14.8 Å². The summed E-state index contributed by atoms with van der Waals surface area (Å²) in [5, 5.41) is 24.7. The highest BCUT2D eigenvalue weighted by molar-refractivity contribution is 7.17. The minimum absolute atomic E-state index is 0.0466. The number of hydrogen-bond acceptors (Lipinski definition) is 7. The number of phenolic OH excluding ortho intramolecular Hbond substituents is 1. The summed E-state index contributed by atoms with van der Waals surface area (Å²) in [6.07, 6.45) is 4.16. The van der Waals surface area contributed by atoms with Crippen molar-refractivity contribution in [1.29, 1.82) is 0 Å². The number of aromatic nitrogens is 3. The Morgan fingerprint density at radius 1 is 1.27 bits per heavy atom. The second-order valence-electron chi connectivity index (χ2n) is 6.73. The van der Waals surface area contributed by atoms with E-state index in [4.69, 9.17) is 5.73 Å². The van der Waals surface area contributed by atoms with E-state index in [1.807, 2.05) is 17.5 Å². The van der Waals surface area contributed by atoms with Crippen molar-refractivity contribution in [3.63, 3.8) is 0 Å². The number of rotatable bonds is 3. The zero-order chi connectivity index (χ0) is 18.3. The molecule has 1 saturated carbocycles. The van der Waals surface area contributed by atoms with E-state index in [1.54, 1.807) is 13.1 Å². The maximum absolute atomic E-state index is 12.8. The van der Waals surface area contributed by atoms with Crippen molar-refractivity contribution in [2.24, 2.45) is 12.8 Å². The van der Waals surface area contributed by atoms with Crippen LogP contribution in [-0.4, -0.2) is 32.0 Å². The Labute approximate surface area is 154 Å². The molecule has 0 bridgehead atoms. The highest BCUT2D eigenvalue weighted by Gasteiger charge is 2.24. The predicted molar refractivity (Wildman–Crippen MR) is 104 cm³/mol. The van der Waals surface area contributed by atoms with E-state index in [0.717, 1.165) is 30.4 Å². The van der Waals surface area contributed by atoms with Crippen molar-refractivity contribution in [2.45, 2.75) is 37.8 Å². The Morgan fingerprint density at radius 3 is 2.88 bits per heavy atom. The van der Waals surface area contributed by atoms with Crippen LogP contribution in [0.25, 0.3) is 21.3 Å². The van der Waals surface area contributed by atoms with Gasteiger partial charge in [-0.2, -0.15) is 0 Å². The number of phenols is 1. The zero-order valence-electron chi connectivity index (χ0n) is 14.5. The number of nitrogens with two attached hydrogens (primary N) is 1. The summed E-state index contributed by atoms with van der Waals surface area (Å²) >= 11 is 1.53. The number of anilines is 1. The highest BCUT2D eigenvalue weighted by Crippen LogP contribution is 2.36. The maximum atomic E-state index is 12.8. The normalized spacial score (nSPS) is 20.4. The largest absolute Gasteiger partial charge is 0.507 e. The fourth-order valence-corrected chi connectivity index (χ4v) is 4.27. The van der Waals surface area contributed by atoms with Gasteiger partial charge in [0, 0.05) is 29.2 Å². The molecule has 0 spiro atoms. The number of nitrogens with one attached hydrogen (secondary N) is 1. The smallest absolute Gasteiger partial charge is 0.281 e. The van der Waals surface area contributed by atoms with Crippen molar-refractivity contribution in [3.8, 4) is 17.0 Å². The molecule has 0 radical (unpaired) electrons. The van der Waals surface area contributed by atoms with Gasteiger partial charge in [0.1, 0.15) is 5.75 Å². The summed E-state index contributed by atoms with van der Waals surface area (Å²) < 4.78 is 2.39. The lowest BCUT2D eigenvalue weighted by molar-refractivity contribution is 0.401. The lowest BCUT2D eigenvalue weighted by Crippen LogP contribution is -2.44. The molecule has 136 valence electrons. The number of nitrogens with zero attached hydrogens (tertiary/aromatic N) is 3. The minimum Gasteiger partial charge on any atom is -0.507 e. The van der Waals surface area contributed by atoms with Gasteiger partial charge in [-0.15, -0.1) is 21.5 Å². The van der Waals surface area contributed by atoms with Gasteiger partial charge >= 0.3 is 0 Å². The lowest BCUT2D eigenvalue weighted by Gasteiger charge is -2.29. The van der Waals surface area contributed by atoms with E-state index in [0.29, 0.717) is 16.9 Å². The summed E-state index contributed by atoms with van der Waals surface area (Å²) in [5.74, 6) is 0.461. The van der Waals surface area contributed by atoms with E-state index in [2.05, 4.69) is 15.5 Å². The first kappa shape index (κ1) is 17.0. The maximum Gasteiger partial charge on any atom is 0.281 e. The zero-order valence-corrected chi connectivity index (χ0v) is 15.3. The summed E-state index contributed by atoms with van der Waals surface area (Å²) in [5.41, 5.74) is 6.39. The van der Waals surface area contributed by atoms with E-state index < -0.39 is 0 Å². The molecule has 4 rings (SSSR count). The van der Waals surface area contributed by atoms with E-state index >= 15 is 0 Å². The molecule has 0 saturated heterocycles. The van der Waals surface area contributed by atoms with Gasteiger partial charge in [-0.05, 0) is 36.4 Å². The first-order valence-corrected chi connectivity index (χ1v) is 9.59. The van der Waals surface area contributed by atoms with Crippen LogP contribution in [0, 0.1) is 0 Å². The van der Waals surface area contributed by atoms with Crippen molar-refractivity contribution < 1.29 is 5.11 Å². The molecule has 0 aliphatic heterocycles. The molecule has 3 aromatic rings. The summed E-state index contributed by atoms with van der Waals surface area (Å²) in [4.78, 5) is 12.8. The van der Waals surface area contributed by atoms with Gasteiger partial charge in [0.15, 0.2) is 5.69 Å². The molecule has 2 atom stereocenters. The summed E-state index contributed by atoms with van der Waals surface area (Å²) in [6, 6.07) is 5.56. The molecule has 4 N–H and O–H groups in total. The third-order valence-electron chi connectivity index (χ3n) is 5.07. The third-order valence-corrected chi connectivity index (χ3v) is 5.95. The predicted octanol–water partition coefficient (Wildman–Crippen LogP) is 2.44. The Bertz CT molecular complexity index is 1010. The molecular weight excluding hydrogens is 350 g/mol. The van der Waals surface area contributed by atoms with Crippen LogP contribution in [0.2, 0.25) is 0 Å². The molecule has 1 fully saturated rings. The van der Waals surface area contributed by atoms with Crippen LogP contribution in [0.15, 0.2) is 28.4 Å². The Morgan fingerprint density at radius 2 is 2.08 bits per heavy atom. The quantitative estimate of drug-likeness (QED) is 0.653. The molecule has 2 heterocycles. The number of benzene rings is 1. The number of aromatic hydroxyl groups is 1. The van der Waals surface area contributed by atoms with Crippen molar-refractivity contribution in [3.05, 3.63) is 33.9 Å². The molecule has 7 nitrogen and oxygen atoms in total. The van der Waals surface area contributed by atoms with Gasteiger partial charge in [0.05, 0.1) is 5.56 Å². The third kappa shape index (κ3) is 2.85. The molecular formula is C18H21N5O2S. The molecule has 8 heteroatoms. The van der Waals surface area contributed by atoms with Gasteiger partial charge in [0.25, 0.3) is 5.56 Å². The molecule has 1 aliphatic rings. The standard InChI is InChI=1S/C18H21N5O2S/c1-23-17(25)15(11-6-7-14-10(16(11)24)8-9-26-14)21-22-18(23)20-13-5-3-2-4-12(13)19/h6-9,12-13,24H,2-5,19H2,1H3,(H,20,22)/t12-,13-/m1/s1. The SMILES string of the molecule is Cn1c(N[C@@H]2CCCC[C@H]2N)nnc(-c2ccc3sccc3c2O)c1=O. The van der Waals surface area contributed by atoms with Crippen LogP contribution in [0.5, 0.6) is 5.75 Å². The highest BCUT2D eigenvalue weighted by atomic mass is 32.1. The summed E-state index contributed by atoms with van der Waals surface area (Å²) in [6.45, 7) is 0. The Balaban J connectivity index is 1.71.